The van der Waals surface area contributed by atoms with Crippen LogP contribution in [0.5, 0.6) is 11.5 Å². The van der Waals surface area contributed by atoms with Crippen molar-refractivity contribution in [2.75, 3.05) is 61.9 Å². The van der Waals surface area contributed by atoms with Crippen LogP contribution in [-0.4, -0.2) is 172 Å². The average molecular weight is 1480 g/mol. The summed E-state index contributed by atoms with van der Waals surface area (Å²) in [6, 6.07) is 10.5. The maximum Gasteiger partial charge on any atom is 0.410 e. The number of aliphatic hydroxyl groups excluding tert-OH is 2. The molecule has 4 bridgehead atoms. The summed E-state index contributed by atoms with van der Waals surface area (Å²) < 4.78 is 30.7. The Hall–Kier alpha value is -10.1. The number of hydrogen-bond acceptors (Lipinski definition) is 22. The quantitative estimate of drug-likeness (QED) is 0.00803. The molecule has 8 amide bonds. The van der Waals surface area contributed by atoms with E-state index in [1.165, 1.54) is 65.4 Å². The number of benzene rings is 4. The lowest BCUT2D eigenvalue weighted by Crippen LogP contribution is -2.48. The molecule has 0 saturated carbocycles. The first-order valence-corrected chi connectivity index (χ1v) is 36.5. The number of ether oxygens (including phenoxy) is 5. The molecule has 0 unspecified atom stereocenters. The van der Waals surface area contributed by atoms with Gasteiger partial charge in [0.25, 0.3) is 23.5 Å². The Morgan fingerprint density at radius 3 is 2.23 bits per heavy atom. The summed E-state index contributed by atoms with van der Waals surface area (Å²) in [5.74, 6) is -10.6. The predicted octanol–water partition coefficient (Wildman–Crippen LogP) is 8.51. The fraction of sp³-hybridized carbons (Fsp3) is 0.481. The van der Waals surface area contributed by atoms with Crippen molar-refractivity contribution in [1.82, 2.24) is 25.4 Å². The topological polar surface area (TPSA) is 391 Å². The molecular weight excluding hydrogens is 1390 g/mol. The van der Waals surface area contributed by atoms with Gasteiger partial charge < -0.3 is 75.8 Å². The van der Waals surface area contributed by atoms with Gasteiger partial charge in [-0.2, -0.15) is 0 Å². The van der Waals surface area contributed by atoms with E-state index >= 15 is 4.79 Å². The molecular formula is C77H95N9O19S. The fourth-order valence-electron chi connectivity index (χ4n) is 13.8. The van der Waals surface area contributed by atoms with Crippen LogP contribution in [-0.2, 0) is 59.1 Å². The van der Waals surface area contributed by atoms with Crippen molar-refractivity contribution in [2.24, 2.45) is 41.2 Å². The number of aromatic nitrogens is 1. The van der Waals surface area contributed by atoms with Crippen LogP contribution in [0, 0.1) is 42.4 Å². The van der Waals surface area contributed by atoms with Crippen LogP contribution in [0.4, 0.5) is 26.7 Å². The smallest absolute Gasteiger partial charge is 0.410 e. The van der Waals surface area contributed by atoms with Crippen molar-refractivity contribution in [1.29, 1.82) is 0 Å². The molecule has 9 rings (SSSR count). The second kappa shape index (κ2) is 34.9. The molecule has 5 aromatic rings. The summed E-state index contributed by atoms with van der Waals surface area (Å²) in [6.07, 6.45) is 7.26. The Morgan fingerprint density at radius 1 is 0.868 bits per heavy atom. The minimum atomic E-state index is -2.10. The summed E-state index contributed by atoms with van der Waals surface area (Å²) in [5.41, 5.74) is 6.75. The Morgan fingerprint density at radius 2 is 1.57 bits per heavy atom. The molecule has 0 aliphatic carbocycles. The number of aromatic hydroxyl groups is 1. The van der Waals surface area contributed by atoms with E-state index in [-0.39, 0.29) is 131 Å². The molecule has 1 fully saturated rings. The van der Waals surface area contributed by atoms with Crippen LogP contribution in [0.1, 0.15) is 129 Å². The van der Waals surface area contributed by atoms with E-state index in [1.54, 1.807) is 88.9 Å². The number of esters is 1. The minimum Gasteiger partial charge on any atom is -0.505 e. The van der Waals surface area contributed by atoms with E-state index in [1.807, 2.05) is 12.1 Å². The maximum atomic E-state index is 15.1. The molecule has 106 heavy (non-hydrogen) atoms. The first-order valence-electron chi connectivity index (χ1n) is 35.7. The van der Waals surface area contributed by atoms with Gasteiger partial charge in [0.15, 0.2) is 17.0 Å². The molecule has 29 heteroatoms. The minimum absolute atomic E-state index is 0.0308. The number of primary amides is 1. The van der Waals surface area contributed by atoms with E-state index < -0.39 is 113 Å². The molecule has 28 nitrogen and oxygen atoms in total. The molecule has 568 valence electrons. The Balaban J connectivity index is 0.891. The fourth-order valence-corrected chi connectivity index (χ4v) is 14.9. The number of fused-ring (bicyclic) bond motifs is 2. The number of piperazine rings is 1. The molecule has 1 aromatic heterocycles. The van der Waals surface area contributed by atoms with Crippen molar-refractivity contribution >= 4 is 119 Å². The molecule has 4 aliphatic heterocycles. The van der Waals surface area contributed by atoms with Gasteiger partial charge in [-0.1, -0.05) is 78.3 Å². The number of carbonyl (C=O) groups is 10. The lowest BCUT2D eigenvalue weighted by molar-refractivity contribution is -0.160. The zero-order valence-corrected chi connectivity index (χ0v) is 62.3. The first-order chi connectivity index (χ1) is 50.3. The number of amides is 8. The van der Waals surface area contributed by atoms with Gasteiger partial charge in [0.2, 0.25) is 11.8 Å². The number of phenols is 1. The Kier molecular flexibility index (Phi) is 26.3. The standard InChI is InChI=1S/C77H95N9O19S/c1-40(2)62(82-56(89)20-13-12-14-31-86-57(90)27-28-58(86)91)53(88)37-49(19-16-30-79-75(78)99)74(98)80-50-23-21-48(22-24-50)39-102-76(100)85-34-32-84(33-35-85)51-25-26-52-55(38-51)106-71-63(81-52)59-60-67(94)46(8)70-61(59)72(96)77(10,105-70)103-36-29-54(101-11)43(5)69(104-47(9)87)45(7)66(93)44(6)65(92)41(3)17-15-18-42(4)73(97)83-64(71)68(60)95/h15,17-18,21-29,36,38,40-41,43-45,49,54,62,65-66,69,92-93,95H,12-14,16,19-20,30-35,37,39H2,1-11H3,(H,80,98)(H,82,89)(H,83,97)(H3,78,79,99)/b17-15+,36-29+,42-18-/t41-,43+,44+,45+,49+,54-,62-,65-,66+,69+,77-/m0/s1. The lowest BCUT2D eigenvalue weighted by Gasteiger charge is -2.38. The van der Waals surface area contributed by atoms with Crippen LogP contribution in [0.25, 0.3) is 31.2 Å². The highest BCUT2D eigenvalue weighted by molar-refractivity contribution is 7.25. The van der Waals surface area contributed by atoms with Crippen LogP contribution < -0.4 is 42.1 Å². The molecule has 0 spiro atoms. The summed E-state index contributed by atoms with van der Waals surface area (Å²) in [5, 5.41) is 46.5. The second-order valence-corrected chi connectivity index (χ2v) is 29.2. The van der Waals surface area contributed by atoms with E-state index in [9.17, 15) is 63.3 Å². The number of aliphatic hydroxyl groups is 2. The van der Waals surface area contributed by atoms with E-state index in [2.05, 4.69) is 26.2 Å². The third-order valence-corrected chi connectivity index (χ3v) is 21.3. The Labute approximate surface area is 617 Å². The normalized spacial score (nSPS) is 23.9. The van der Waals surface area contributed by atoms with Gasteiger partial charge in [-0.05, 0) is 87.4 Å². The third kappa shape index (κ3) is 18.4. The number of urea groups is 1. The van der Waals surface area contributed by atoms with Crippen molar-refractivity contribution in [3.05, 3.63) is 118 Å². The zero-order chi connectivity index (χ0) is 77.2. The number of methoxy groups -OCH3 is 1. The molecule has 0 radical (unpaired) electrons. The van der Waals surface area contributed by atoms with Crippen LogP contribution in [0.15, 0.2) is 95.6 Å². The van der Waals surface area contributed by atoms with E-state index in [0.29, 0.717) is 60.2 Å². The van der Waals surface area contributed by atoms with Gasteiger partial charge in [-0.25, -0.2) is 14.6 Å². The zero-order valence-electron chi connectivity index (χ0n) is 61.5. The van der Waals surface area contributed by atoms with E-state index in [0.717, 1.165) is 21.9 Å². The van der Waals surface area contributed by atoms with Gasteiger partial charge in [0.1, 0.15) is 24.1 Å². The predicted molar refractivity (Wildman–Crippen MR) is 398 cm³/mol. The third-order valence-electron chi connectivity index (χ3n) is 20.2. The highest BCUT2D eigenvalue weighted by Gasteiger charge is 2.50. The Bertz CT molecular complexity index is 4390. The number of hydrogen-bond donors (Lipinski definition) is 8. The molecule has 5 heterocycles. The molecule has 4 aromatic carbocycles. The summed E-state index contributed by atoms with van der Waals surface area (Å²) in [6.45, 7) is 17.7. The number of rotatable bonds is 22. The molecule has 11 atom stereocenters. The van der Waals surface area contributed by atoms with Crippen LogP contribution in [0.3, 0.4) is 0 Å². The first kappa shape index (κ1) is 80.0. The van der Waals surface area contributed by atoms with Crippen LogP contribution in [0.2, 0.25) is 0 Å². The van der Waals surface area contributed by atoms with Gasteiger partial charge in [-0.3, -0.25) is 48.1 Å². The summed E-state index contributed by atoms with van der Waals surface area (Å²) in [4.78, 5) is 156. The summed E-state index contributed by atoms with van der Waals surface area (Å²) >= 11 is 1.14. The number of carbonyl (C=O) groups excluding carboxylic acids is 10. The monoisotopic (exact) mass is 1480 g/mol. The highest BCUT2D eigenvalue weighted by Crippen LogP contribution is 2.50. The number of nitrogens with one attached hydrogen (secondary N) is 4. The highest BCUT2D eigenvalue weighted by atomic mass is 32.1. The van der Waals surface area contributed by atoms with Crippen molar-refractivity contribution in [3.63, 3.8) is 0 Å². The van der Waals surface area contributed by atoms with Gasteiger partial charge in [0.05, 0.1) is 62.0 Å². The van der Waals surface area contributed by atoms with E-state index in [4.69, 9.17) is 34.4 Å². The number of ketones is 2. The second-order valence-electron chi connectivity index (χ2n) is 28.2. The number of anilines is 3. The van der Waals surface area contributed by atoms with Crippen molar-refractivity contribution in [2.45, 2.75) is 157 Å². The average Bonchev–Trinajstić information content (AvgIpc) is 1.42. The largest absolute Gasteiger partial charge is 0.505 e. The van der Waals surface area contributed by atoms with Crippen molar-refractivity contribution < 1.29 is 86.9 Å². The molecule has 4 aliphatic rings. The number of phenolic OH excluding ortho intramolecular Hbond substituents is 1. The van der Waals surface area contributed by atoms with Gasteiger partial charge in [0, 0.05) is 143 Å². The number of nitrogens with zero attached hydrogens (tertiary/aromatic N) is 4. The van der Waals surface area contributed by atoms with Gasteiger partial charge in [-0.15, -0.1) is 11.3 Å². The SMILES string of the molecule is CO[C@H]1/C=C/O[C@@]2(C)Oc3c(C)c(=O)c4c(O)c(c5sc6cc(N7CCN(C(=O)OCc8ccc(NC(=O)[C@H](CCCNC(N)=O)CC(=O)[C@@H](NC(=O)CCCCCN9C(=O)C=CC9=O)C(C)C)cc8)CC7)ccc6nc5c4c3C2=O)NC(=O)/C(C)=C\C=C\[C@H](C)[C@H](O)[C@@H](C)[C@@H](O)[C@@H](C)[C@H](OC(C)=O)[C@@H]1C. The lowest BCUT2D eigenvalue weighted by atomic mass is 9.78. The number of nitrogens with two attached hydrogens (primary N) is 1. The number of imide groups is 1. The number of Topliss-reactive ketones (excluding diaryl/α,β-unsaturated/α-hetero) is 2. The van der Waals surface area contributed by atoms with Gasteiger partial charge >= 0.3 is 23.9 Å². The number of unbranched alkanes of at least 4 members (excludes halogenated alkanes) is 2. The van der Waals surface area contributed by atoms with Crippen molar-refractivity contribution in [3.8, 4) is 11.5 Å². The van der Waals surface area contributed by atoms with Crippen LogP contribution >= 0.6 is 11.3 Å². The number of allylic oxidation sites excluding steroid dienone is 2. The summed E-state index contributed by atoms with van der Waals surface area (Å²) in [7, 11) is 1.43. The molecule has 1 saturated heterocycles. The molecule has 9 N–H and O–H groups in total. The maximum absolute atomic E-state index is 15.1.